The van der Waals surface area contributed by atoms with E-state index >= 15 is 0 Å². The topological polar surface area (TPSA) is 41.6 Å². The Balaban J connectivity index is 1.93. The monoisotopic (exact) mass is 328 g/mol. The van der Waals surface area contributed by atoms with Gasteiger partial charge in [0.1, 0.15) is 5.82 Å². The van der Waals surface area contributed by atoms with E-state index in [4.69, 9.17) is 16.3 Å². The van der Waals surface area contributed by atoms with Crippen LogP contribution in [0.2, 0.25) is 5.02 Å². The van der Waals surface area contributed by atoms with Crippen molar-refractivity contribution in [1.82, 2.24) is 10.2 Å². The summed E-state index contributed by atoms with van der Waals surface area (Å²) in [5, 5.41) is 2.80. The van der Waals surface area contributed by atoms with E-state index in [0.29, 0.717) is 12.2 Å². The van der Waals surface area contributed by atoms with Crippen LogP contribution < -0.4 is 5.32 Å². The third-order valence-electron chi connectivity index (χ3n) is 4.00. The van der Waals surface area contributed by atoms with Crippen LogP contribution in [-0.2, 0) is 11.3 Å². The zero-order valence-electron chi connectivity index (χ0n) is 13.2. The lowest BCUT2D eigenvalue weighted by Crippen LogP contribution is -2.49. The third kappa shape index (κ3) is 4.11. The molecule has 1 atom stereocenters. The number of amides is 2. The Morgan fingerprint density at radius 2 is 2.27 bits per heavy atom. The minimum atomic E-state index is -0.487. The highest BCUT2D eigenvalue weighted by Gasteiger charge is 2.32. The summed E-state index contributed by atoms with van der Waals surface area (Å²) in [5.41, 5.74) is 0.151. The number of hydrogen-bond donors (Lipinski definition) is 1. The van der Waals surface area contributed by atoms with E-state index < -0.39 is 5.82 Å². The molecule has 1 unspecified atom stereocenters. The van der Waals surface area contributed by atoms with Crippen LogP contribution in [0.25, 0.3) is 0 Å². The highest BCUT2D eigenvalue weighted by atomic mass is 35.5. The number of urea groups is 1. The molecule has 2 amide bonds. The zero-order valence-corrected chi connectivity index (χ0v) is 13.9. The van der Waals surface area contributed by atoms with Crippen LogP contribution in [-0.4, -0.2) is 36.2 Å². The smallest absolute Gasteiger partial charge is 0.317 e. The molecule has 1 aromatic carbocycles. The highest BCUT2D eigenvalue weighted by molar-refractivity contribution is 6.30. The Morgan fingerprint density at radius 3 is 2.95 bits per heavy atom. The van der Waals surface area contributed by atoms with Gasteiger partial charge in [-0.2, -0.15) is 0 Å². The van der Waals surface area contributed by atoms with Crippen molar-refractivity contribution < 1.29 is 13.9 Å². The summed E-state index contributed by atoms with van der Waals surface area (Å²) in [6.07, 6.45) is 1.58. The summed E-state index contributed by atoms with van der Waals surface area (Å²) < 4.78 is 19.5. The lowest BCUT2D eigenvalue weighted by atomic mass is 9.93. The number of benzene rings is 1. The Morgan fingerprint density at radius 1 is 1.55 bits per heavy atom. The van der Waals surface area contributed by atoms with Gasteiger partial charge < -0.3 is 15.0 Å². The average Bonchev–Trinajstić information content (AvgIpc) is 2.46. The standard InChI is InChI=1S/C16H22ClFN2O2/c1-16(2)9-12(7-8-22-16)20(3)15(21)19-10-11-5-4-6-13(17)14(11)18/h4-6,12H,7-10H2,1-3H3,(H,19,21). The van der Waals surface area contributed by atoms with Gasteiger partial charge in [0.15, 0.2) is 0 Å². The first kappa shape index (κ1) is 17.0. The fourth-order valence-corrected chi connectivity index (χ4v) is 2.87. The van der Waals surface area contributed by atoms with Crippen molar-refractivity contribution in [2.24, 2.45) is 0 Å². The molecule has 1 saturated heterocycles. The number of carbonyl (C=O) groups is 1. The molecule has 22 heavy (non-hydrogen) atoms. The number of nitrogens with one attached hydrogen (secondary N) is 1. The van der Waals surface area contributed by atoms with Gasteiger partial charge in [-0.15, -0.1) is 0 Å². The largest absolute Gasteiger partial charge is 0.375 e. The number of halogens is 2. The average molecular weight is 329 g/mol. The van der Waals surface area contributed by atoms with Gasteiger partial charge in [-0.1, -0.05) is 23.7 Å². The minimum absolute atomic E-state index is 0.0614. The third-order valence-corrected chi connectivity index (χ3v) is 4.29. The van der Waals surface area contributed by atoms with Crippen LogP contribution in [0, 0.1) is 5.82 Å². The van der Waals surface area contributed by atoms with E-state index in [9.17, 15) is 9.18 Å². The minimum Gasteiger partial charge on any atom is -0.375 e. The van der Waals surface area contributed by atoms with Crippen LogP contribution in [0.4, 0.5) is 9.18 Å². The molecule has 0 spiro atoms. The molecular weight excluding hydrogens is 307 g/mol. The summed E-state index contributed by atoms with van der Waals surface area (Å²) in [7, 11) is 1.76. The first-order chi connectivity index (χ1) is 10.3. The molecule has 0 aliphatic carbocycles. The van der Waals surface area contributed by atoms with E-state index in [1.165, 1.54) is 6.07 Å². The molecule has 0 bridgehead atoms. The Hall–Kier alpha value is -1.33. The second-order valence-electron chi connectivity index (χ2n) is 6.24. The first-order valence-electron chi connectivity index (χ1n) is 7.38. The van der Waals surface area contributed by atoms with Gasteiger partial charge in [0.05, 0.1) is 10.6 Å². The summed E-state index contributed by atoms with van der Waals surface area (Å²) in [5.74, 6) is -0.487. The van der Waals surface area contributed by atoms with Crippen molar-refractivity contribution in [1.29, 1.82) is 0 Å². The highest BCUT2D eigenvalue weighted by Crippen LogP contribution is 2.26. The van der Waals surface area contributed by atoms with Gasteiger partial charge >= 0.3 is 6.03 Å². The molecule has 1 heterocycles. The molecule has 0 saturated carbocycles. The van der Waals surface area contributed by atoms with Crippen molar-refractivity contribution >= 4 is 17.6 Å². The molecule has 0 aromatic heterocycles. The van der Waals surface area contributed by atoms with Crippen LogP contribution in [0.1, 0.15) is 32.3 Å². The number of rotatable bonds is 3. The Labute approximate surface area is 135 Å². The number of nitrogens with zero attached hydrogens (tertiary/aromatic N) is 1. The van der Waals surface area contributed by atoms with Crippen LogP contribution >= 0.6 is 11.6 Å². The second-order valence-corrected chi connectivity index (χ2v) is 6.64. The molecule has 0 radical (unpaired) electrons. The fraction of sp³-hybridized carbons (Fsp3) is 0.562. The van der Waals surface area contributed by atoms with E-state index in [0.717, 1.165) is 12.8 Å². The molecule has 1 aliphatic rings. The van der Waals surface area contributed by atoms with E-state index in [1.807, 2.05) is 13.8 Å². The maximum Gasteiger partial charge on any atom is 0.317 e. The normalized spacial score (nSPS) is 20.5. The lowest BCUT2D eigenvalue weighted by Gasteiger charge is -2.39. The summed E-state index contributed by atoms with van der Waals surface area (Å²) in [6.45, 7) is 4.79. The zero-order chi connectivity index (χ0) is 16.3. The van der Waals surface area contributed by atoms with Crippen LogP contribution in [0.5, 0.6) is 0 Å². The lowest BCUT2D eigenvalue weighted by molar-refractivity contribution is -0.0744. The van der Waals surface area contributed by atoms with Gasteiger partial charge in [0, 0.05) is 31.8 Å². The molecule has 1 N–H and O–H groups in total. The van der Waals surface area contributed by atoms with Crippen molar-refractivity contribution in [3.05, 3.63) is 34.6 Å². The second kappa shape index (κ2) is 6.84. The van der Waals surface area contributed by atoms with Gasteiger partial charge in [-0.25, -0.2) is 9.18 Å². The van der Waals surface area contributed by atoms with E-state index in [-0.39, 0.29) is 29.2 Å². The molecule has 1 fully saturated rings. The van der Waals surface area contributed by atoms with Crippen molar-refractivity contribution in [3.63, 3.8) is 0 Å². The fourth-order valence-electron chi connectivity index (χ4n) is 2.68. The van der Waals surface area contributed by atoms with Gasteiger partial charge in [-0.3, -0.25) is 0 Å². The molecule has 2 rings (SSSR count). The molecule has 1 aliphatic heterocycles. The predicted octanol–water partition coefficient (Wildman–Crippen LogP) is 3.58. The first-order valence-corrected chi connectivity index (χ1v) is 7.75. The van der Waals surface area contributed by atoms with Crippen molar-refractivity contribution in [2.75, 3.05) is 13.7 Å². The molecule has 1 aromatic rings. The molecule has 4 nitrogen and oxygen atoms in total. The Bertz CT molecular complexity index is 551. The van der Waals surface area contributed by atoms with Crippen molar-refractivity contribution in [3.8, 4) is 0 Å². The molecular formula is C16H22ClFN2O2. The van der Waals surface area contributed by atoms with E-state index in [2.05, 4.69) is 5.32 Å². The van der Waals surface area contributed by atoms with E-state index in [1.54, 1.807) is 24.1 Å². The number of ether oxygens (including phenoxy) is 1. The summed E-state index contributed by atoms with van der Waals surface area (Å²) >= 11 is 5.73. The van der Waals surface area contributed by atoms with Crippen LogP contribution in [0.3, 0.4) is 0 Å². The Kier molecular flexibility index (Phi) is 5.29. The van der Waals surface area contributed by atoms with Gasteiger partial charge in [0.25, 0.3) is 0 Å². The van der Waals surface area contributed by atoms with Crippen molar-refractivity contribution in [2.45, 2.75) is 44.9 Å². The SMILES string of the molecule is CN(C(=O)NCc1cccc(Cl)c1F)C1CCOC(C)(C)C1. The number of carbonyl (C=O) groups excluding carboxylic acids is 1. The van der Waals surface area contributed by atoms with Gasteiger partial charge in [-0.05, 0) is 32.8 Å². The quantitative estimate of drug-likeness (QED) is 0.921. The van der Waals surface area contributed by atoms with Crippen LogP contribution in [0.15, 0.2) is 18.2 Å². The summed E-state index contributed by atoms with van der Waals surface area (Å²) in [6, 6.07) is 4.66. The maximum absolute atomic E-state index is 13.8. The number of hydrogen-bond acceptors (Lipinski definition) is 2. The summed E-state index contributed by atoms with van der Waals surface area (Å²) in [4.78, 5) is 13.9. The maximum atomic E-state index is 13.8. The van der Waals surface area contributed by atoms with Gasteiger partial charge in [0.2, 0.25) is 0 Å². The molecule has 122 valence electrons. The predicted molar refractivity (Wildman–Crippen MR) is 84.5 cm³/mol. The molecule has 6 heteroatoms.